The lowest BCUT2D eigenvalue weighted by Crippen LogP contribution is -2.09. The average molecular weight is 346 g/mol. The summed E-state index contributed by atoms with van der Waals surface area (Å²) >= 11 is 0. The van der Waals surface area contributed by atoms with Gasteiger partial charge in [-0.05, 0) is 45.5 Å². The molecule has 0 aromatic heterocycles. The van der Waals surface area contributed by atoms with Gasteiger partial charge >= 0.3 is 0 Å². The summed E-state index contributed by atoms with van der Waals surface area (Å²) in [6.07, 6.45) is 0.919. The van der Waals surface area contributed by atoms with Crippen molar-refractivity contribution in [3.63, 3.8) is 0 Å². The van der Waals surface area contributed by atoms with Gasteiger partial charge in [0.1, 0.15) is 11.5 Å². The van der Waals surface area contributed by atoms with E-state index in [1.807, 2.05) is 6.07 Å². The van der Waals surface area contributed by atoms with Crippen molar-refractivity contribution in [1.29, 1.82) is 0 Å². The molecular weight excluding hydrogens is 328 g/mol. The second-order valence-corrected chi connectivity index (χ2v) is 7.32. The van der Waals surface area contributed by atoms with Crippen molar-refractivity contribution in [3.8, 4) is 22.6 Å². The van der Waals surface area contributed by atoms with Crippen molar-refractivity contribution >= 4 is 0 Å². The van der Waals surface area contributed by atoms with Crippen LogP contribution in [0.2, 0.25) is 0 Å². The molecular formula is C26H18O. The van der Waals surface area contributed by atoms with Gasteiger partial charge in [0.15, 0.2) is 0 Å². The fourth-order valence-corrected chi connectivity index (χ4v) is 4.69. The smallest absolute Gasteiger partial charge is 0.131 e. The largest absolute Gasteiger partial charge is 0.457 e. The van der Waals surface area contributed by atoms with Gasteiger partial charge in [0.25, 0.3) is 0 Å². The number of rotatable bonds is 1. The third-order valence-corrected chi connectivity index (χ3v) is 5.87. The highest BCUT2D eigenvalue weighted by molar-refractivity contribution is 5.81. The van der Waals surface area contributed by atoms with E-state index in [4.69, 9.17) is 4.74 Å². The van der Waals surface area contributed by atoms with Crippen LogP contribution in [0.3, 0.4) is 0 Å². The van der Waals surface area contributed by atoms with Crippen molar-refractivity contribution < 1.29 is 4.74 Å². The standard InChI is InChI=1S/C26H18O/c1-6-14-24-17(8-1)16-23-22(13-7-15-25(23)27-24)26-20-11-4-2-9-18(20)19-10-3-5-12-21(19)26/h1-15,26H,16H2. The molecule has 0 unspecified atom stereocenters. The highest BCUT2D eigenvalue weighted by Gasteiger charge is 2.32. The van der Waals surface area contributed by atoms with E-state index in [1.54, 1.807) is 0 Å². The molecule has 1 aliphatic heterocycles. The first kappa shape index (κ1) is 14.8. The summed E-state index contributed by atoms with van der Waals surface area (Å²) in [7, 11) is 0. The maximum atomic E-state index is 6.25. The Bertz CT molecular complexity index is 1140. The van der Waals surface area contributed by atoms with Gasteiger partial charge in [0.05, 0.1) is 0 Å². The third-order valence-electron chi connectivity index (χ3n) is 5.87. The van der Waals surface area contributed by atoms with Crippen molar-refractivity contribution in [1.82, 2.24) is 0 Å². The van der Waals surface area contributed by atoms with E-state index >= 15 is 0 Å². The normalized spacial score (nSPS) is 13.9. The van der Waals surface area contributed by atoms with Crippen LogP contribution < -0.4 is 4.74 Å². The monoisotopic (exact) mass is 346 g/mol. The van der Waals surface area contributed by atoms with Crippen molar-refractivity contribution in [2.75, 3.05) is 0 Å². The van der Waals surface area contributed by atoms with E-state index < -0.39 is 0 Å². The van der Waals surface area contributed by atoms with Crippen LogP contribution in [0.5, 0.6) is 11.5 Å². The average Bonchev–Trinajstić information content (AvgIpc) is 3.06. The molecule has 0 saturated heterocycles. The summed E-state index contributed by atoms with van der Waals surface area (Å²) < 4.78 is 6.25. The van der Waals surface area contributed by atoms with Gasteiger partial charge < -0.3 is 4.74 Å². The Hall–Kier alpha value is -3.32. The molecule has 0 fully saturated rings. The molecule has 4 aromatic rings. The van der Waals surface area contributed by atoms with Crippen LogP contribution in [0.4, 0.5) is 0 Å². The van der Waals surface area contributed by atoms with E-state index in [1.165, 1.54) is 38.9 Å². The Labute approximate surface area is 158 Å². The van der Waals surface area contributed by atoms with Crippen LogP contribution in [0, 0.1) is 0 Å². The molecule has 128 valence electrons. The first-order valence-electron chi connectivity index (χ1n) is 9.46. The van der Waals surface area contributed by atoms with Crippen LogP contribution in [0.25, 0.3) is 11.1 Å². The lowest BCUT2D eigenvalue weighted by atomic mass is 9.83. The molecule has 0 bridgehead atoms. The topological polar surface area (TPSA) is 9.23 Å². The zero-order valence-corrected chi connectivity index (χ0v) is 14.9. The summed E-state index contributed by atoms with van der Waals surface area (Å²) in [4.78, 5) is 0. The number of fused-ring (bicyclic) bond motifs is 5. The predicted octanol–water partition coefficient (Wildman–Crippen LogP) is 6.54. The molecule has 4 aromatic carbocycles. The van der Waals surface area contributed by atoms with Gasteiger partial charge in [-0.15, -0.1) is 0 Å². The zero-order chi connectivity index (χ0) is 17.8. The number of hydrogen-bond donors (Lipinski definition) is 0. The first-order valence-corrected chi connectivity index (χ1v) is 9.46. The zero-order valence-electron chi connectivity index (χ0n) is 14.9. The van der Waals surface area contributed by atoms with E-state index in [2.05, 4.69) is 84.9 Å². The van der Waals surface area contributed by atoms with Crippen molar-refractivity contribution in [2.24, 2.45) is 0 Å². The van der Waals surface area contributed by atoms with E-state index in [9.17, 15) is 0 Å². The summed E-state index contributed by atoms with van der Waals surface area (Å²) in [5, 5.41) is 0. The Balaban J connectivity index is 1.58. The summed E-state index contributed by atoms with van der Waals surface area (Å²) in [5.74, 6) is 2.24. The van der Waals surface area contributed by atoms with Crippen LogP contribution >= 0.6 is 0 Å². The van der Waals surface area contributed by atoms with Gasteiger partial charge in [0.2, 0.25) is 0 Å². The fraction of sp³-hybridized carbons (Fsp3) is 0.0769. The summed E-state index contributed by atoms with van der Waals surface area (Å²) in [6, 6.07) is 32.5. The maximum absolute atomic E-state index is 6.25. The Morgan fingerprint density at radius 3 is 1.93 bits per heavy atom. The van der Waals surface area contributed by atoms with Gasteiger partial charge in [-0.1, -0.05) is 78.9 Å². The number of ether oxygens (including phenoxy) is 1. The molecule has 1 nitrogen and oxygen atoms in total. The molecule has 0 radical (unpaired) electrons. The van der Waals surface area contributed by atoms with Crippen molar-refractivity contribution in [3.05, 3.63) is 119 Å². The second kappa shape index (κ2) is 5.59. The van der Waals surface area contributed by atoms with Crippen LogP contribution in [-0.4, -0.2) is 0 Å². The van der Waals surface area contributed by atoms with Gasteiger partial charge in [-0.25, -0.2) is 0 Å². The fourth-order valence-electron chi connectivity index (χ4n) is 4.69. The minimum absolute atomic E-state index is 0.265. The maximum Gasteiger partial charge on any atom is 0.131 e. The number of hydrogen-bond acceptors (Lipinski definition) is 1. The summed E-state index contributed by atoms with van der Waals surface area (Å²) in [5.41, 5.74) is 9.43. The van der Waals surface area contributed by atoms with E-state index in [0.717, 1.165) is 17.9 Å². The van der Waals surface area contributed by atoms with E-state index in [0.29, 0.717) is 0 Å². The van der Waals surface area contributed by atoms with Crippen molar-refractivity contribution in [2.45, 2.75) is 12.3 Å². The molecule has 0 atom stereocenters. The molecule has 1 heterocycles. The van der Waals surface area contributed by atoms with Gasteiger partial charge in [0, 0.05) is 17.9 Å². The minimum Gasteiger partial charge on any atom is -0.457 e. The molecule has 1 aliphatic carbocycles. The Morgan fingerprint density at radius 1 is 0.556 bits per heavy atom. The number of benzene rings is 4. The SMILES string of the molecule is c1ccc2c(c1)Cc1c(cccc1C1c3ccccc3-c3ccccc31)O2. The molecule has 1 heteroatoms. The van der Waals surface area contributed by atoms with E-state index in [-0.39, 0.29) is 5.92 Å². The molecule has 0 spiro atoms. The minimum atomic E-state index is 0.265. The lowest BCUT2D eigenvalue weighted by molar-refractivity contribution is 0.458. The van der Waals surface area contributed by atoms with Gasteiger partial charge in [-0.3, -0.25) is 0 Å². The van der Waals surface area contributed by atoms with Crippen LogP contribution in [0.15, 0.2) is 91.0 Å². The third kappa shape index (κ3) is 2.12. The molecule has 6 rings (SSSR count). The lowest BCUT2D eigenvalue weighted by Gasteiger charge is -2.25. The molecule has 0 saturated carbocycles. The highest BCUT2D eigenvalue weighted by atomic mass is 16.5. The van der Waals surface area contributed by atoms with Gasteiger partial charge in [-0.2, -0.15) is 0 Å². The highest BCUT2D eigenvalue weighted by Crippen LogP contribution is 2.50. The summed E-state index contributed by atoms with van der Waals surface area (Å²) in [6.45, 7) is 0. The molecule has 0 N–H and O–H groups in total. The first-order chi connectivity index (χ1) is 13.4. The second-order valence-electron chi connectivity index (χ2n) is 7.32. The van der Waals surface area contributed by atoms with Crippen LogP contribution in [0.1, 0.15) is 33.7 Å². The number of para-hydroxylation sites is 1. The quantitative estimate of drug-likeness (QED) is 0.328. The molecule has 2 aliphatic rings. The van der Waals surface area contributed by atoms with Crippen LogP contribution in [-0.2, 0) is 6.42 Å². The molecule has 27 heavy (non-hydrogen) atoms. The Kier molecular flexibility index (Phi) is 3.06. The molecule has 0 amide bonds. The Morgan fingerprint density at radius 2 is 1.15 bits per heavy atom. The predicted molar refractivity (Wildman–Crippen MR) is 109 cm³/mol.